The van der Waals surface area contributed by atoms with Crippen LogP contribution in [0.2, 0.25) is 0 Å². The van der Waals surface area contributed by atoms with Crippen LogP contribution in [0.1, 0.15) is 0 Å². The molecule has 3 heterocycles. The smallest absolute Gasteiger partial charge is 0.195 e. The average Bonchev–Trinajstić information content (AvgIpc) is 3.06. The van der Waals surface area contributed by atoms with Crippen LogP contribution >= 0.6 is 11.8 Å². The van der Waals surface area contributed by atoms with E-state index >= 15 is 0 Å². The molecule has 1 fully saturated rings. The third kappa shape index (κ3) is 3.77. The van der Waals surface area contributed by atoms with Gasteiger partial charge in [-0.3, -0.25) is 9.30 Å². The number of nitrogens with zero attached hydrogens (tertiary/aromatic N) is 5. The standard InChI is InChI=1S/C18H20FN5S/c19-15-4-6-16(7-5-15)23-11-9-22(10-12-23)13-14-25-18-21-20-17-3-1-2-8-24(17)18/h1-8H,9-14H2. The molecule has 1 saturated heterocycles. The van der Waals surface area contributed by atoms with Crippen LogP contribution in [0.5, 0.6) is 0 Å². The predicted molar refractivity (Wildman–Crippen MR) is 98.8 cm³/mol. The van der Waals surface area contributed by atoms with Gasteiger partial charge < -0.3 is 4.90 Å². The molecule has 1 aliphatic heterocycles. The summed E-state index contributed by atoms with van der Waals surface area (Å²) in [5.74, 6) is 0.812. The lowest BCUT2D eigenvalue weighted by atomic mass is 10.2. The maximum atomic E-state index is 13.0. The van der Waals surface area contributed by atoms with Crippen molar-refractivity contribution in [1.82, 2.24) is 19.5 Å². The molecule has 0 radical (unpaired) electrons. The van der Waals surface area contributed by atoms with E-state index in [0.717, 1.165) is 55.0 Å². The molecule has 4 rings (SSSR count). The van der Waals surface area contributed by atoms with Crippen LogP contribution in [-0.4, -0.2) is 58.0 Å². The molecule has 0 unspecified atom stereocenters. The number of pyridine rings is 1. The Morgan fingerprint density at radius 1 is 0.960 bits per heavy atom. The second-order valence-electron chi connectivity index (χ2n) is 6.06. The largest absolute Gasteiger partial charge is 0.369 e. The molecule has 1 aliphatic rings. The van der Waals surface area contributed by atoms with E-state index in [1.165, 1.54) is 12.1 Å². The molecule has 2 aromatic heterocycles. The minimum Gasteiger partial charge on any atom is -0.369 e. The molecule has 25 heavy (non-hydrogen) atoms. The topological polar surface area (TPSA) is 36.7 Å². The first-order valence-corrected chi connectivity index (χ1v) is 9.43. The highest BCUT2D eigenvalue weighted by Crippen LogP contribution is 2.19. The number of hydrogen-bond acceptors (Lipinski definition) is 5. The highest BCUT2D eigenvalue weighted by molar-refractivity contribution is 7.99. The first-order valence-electron chi connectivity index (χ1n) is 8.45. The van der Waals surface area contributed by atoms with Crippen LogP contribution in [-0.2, 0) is 0 Å². The Bertz CT molecular complexity index is 827. The van der Waals surface area contributed by atoms with Gasteiger partial charge in [-0.1, -0.05) is 17.8 Å². The van der Waals surface area contributed by atoms with E-state index in [1.54, 1.807) is 11.8 Å². The van der Waals surface area contributed by atoms with E-state index in [9.17, 15) is 4.39 Å². The molecule has 0 spiro atoms. The second kappa shape index (κ2) is 7.41. The first-order chi connectivity index (χ1) is 12.3. The minimum absolute atomic E-state index is 0.180. The molecular weight excluding hydrogens is 337 g/mol. The number of anilines is 1. The van der Waals surface area contributed by atoms with Gasteiger partial charge in [0.05, 0.1) is 0 Å². The van der Waals surface area contributed by atoms with Crippen molar-refractivity contribution < 1.29 is 4.39 Å². The molecule has 1 aromatic carbocycles. The van der Waals surface area contributed by atoms with E-state index in [1.807, 2.05) is 40.9 Å². The molecule has 5 nitrogen and oxygen atoms in total. The Hall–Kier alpha value is -2.12. The van der Waals surface area contributed by atoms with Crippen molar-refractivity contribution >= 4 is 23.1 Å². The zero-order valence-corrected chi connectivity index (χ0v) is 14.7. The number of halogens is 1. The summed E-state index contributed by atoms with van der Waals surface area (Å²) in [6.07, 6.45) is 2.00. The molecule has 0 N–H and O–H groups in total. The number of aromatic nitrogens is 3. The maximum absolute atomic E-state index is 13.0. The fraction of sp³-hybridized carbons (Fsp3) is 0.333. The summed E-state index contributed by atoms with van der Waals surface area (Å²) < 4.78 is 15.1. The van der Waals surface area contributed by atoms with Crippen LogP contribution in [0.25, 0.3) is 5.65 Å². The molecule has 0 amide bonds. The summed E-state index contributed by atoms with van der Waals surface area (Å²) in [7, 11) is 0. The van der Waals surface area contributed by atoms with Crippen molar-refractivity contribution in [1.29, 1.82) is 0 Å². The van der Waals surface area contributed by atoms with E-state index in [-0.39, 0.29) is 5.82 Å². The van der Waals surface area contributed by atoms with Crippen molar-refractivity contribution in [2.24, 2.45) is 0 Å². The highest BCUT2D eigenvalue weighted by atomic mass is 32.2. The van der Waals surface area contributed by atoms with Gasteiger partial charge in [-0.05, 0) is 36.4 Å². The van der Waals surface area contributed by atoms with Crippen molar-refractivity contribution in [2.45, 2.75) is 5.16 Å². The quantitative estimate of drug-likeness (QED) is 0.657. The Kier molecular flexibility index (Phi) is 4.85. The van der Waals surface area contributed by atoms with Crippen LogP contribution in [0, 0.1) is 5.82 Å². The van der Waals surface area contributed by atoms with Gasteiger partial charge >= 0.3 is 0 Å². The van der Waals surface area contributed by atoms with E-state index in [4.69, 9.17) is 0 Å². The van der Waals surface area contributed by atoms with Gasteiger partial charge in [-0.15, -0.1) is 10.2 Å². The maximum Gasteiger partial charge on any atom is 0.195 e. The second-order valence-corrected chi connectivity index (χ2v) is 7.13. The third-order valence-electron chi connectivity index (χ3n) is 4.49. The number of piperazine rings is 1. The number of hydrogen-bond donors (Lipinski definition) is 0. The number of rotatable bonds is 5. The van der Waals surface area contributed by atoms with Crippen LogP contribution in [0.4, 0.5) is 10.1 Å². The zero-order chi connectivity index (χ0) is 17.1. The number of fused-ring (bicyclic) bond motifs is 1. The SMILES string of the molecule is Fc1ccc(N2CCN(CCSc3nnc4ccccn34)CC2)cc1. The fourth-order valence-electron chi connectivity index (χ4n) is 3.07. The van der Waals surface area contributed by atoms with Gasteiger partial charge in [-0.25, -0.2) is 4.39 Å². The van der Waals surface area contributed by atoms with Crippen molar-refractivity contribution in [3.8, 4) is 0 Å². The summed E-state index contributed by atoms with van der Waals surface area (Å²) in [6.45, 7) is 5.04. The number of benzene rings is 1. The molecule has 0 atom stereocenters. The Labute approximate surface area is 150 Å². The Morgan fingerprint density at radius 2 is 1.76 bits per heavy atom. The molecular formula is C18H20FN5S. The lowest BCUT2D eigenvalue weighted by Gasteiger charge is -2.36. The van der Waals surface area contributed by atoms with Gasteiger partial charge in [0.25, 0.3) is 0 Å². The van der Waals surface area contributed by atoms with Gasteiger partial charge in [0.15, 0.2) is 10.8 Å². The van der Waals surface area contributed by atoms with E-state index < -0.39 is 0 Å². The van der Waals surface area contributed by atoms with Gasteiger partial charge in [0.2, 0.25) is 0 Å². The van der Waals surface area contributed by atoms with Crippen LogP contribution < -0.4 is 4.90 Å². The predicted octanol–water partition coefficient (Wildman–Crippen LogP) is 2.78. The molecule has 0 saturated carbocycles. The van der Waals surface area contributed by atoms with Gasteiger partial charge in [-0.2, -0.15) is 0 Å². The van der Waals surface area contributed by atoms with Crippen molar-refractivity contribution in [3.05, 3.63) is 54.5 Å². The van der Waals surface area contributed by atoms with Gasteiger partial charge in [0.1, 0.15) is 5.82 Å². The lowest BCUT2D eigenvalue weighted by Crippen LogP contribution is -2.47. The summed E-state index contributed by atoms with van der Waals surface area (Å²) in [6, 6.07) is 12.7. The zero-order valence-electron chi connectivity index (χ0n) is 13.9. The minimum atomic E-state index is -0.180. The van der Waals surface area contributed by atoms with Crippen LogP contribution in [0.3, 0.4) is 0 Å². The summed E-state index contributed by atoms with van der Waals surface area (Å²) in [5, 5.41) is 9.38. The molecule has 0 aliphatic carbocycles. The normalized spacial score (nSPS) is 15.8. The first kappa shape index (κ1) is 16.4. The Balaban J connectivity index is 1.26. The van der Waals surface area contributed by atoms with E-state index in [0.29, 0.717) is 0 Å². The highest BCUT2D eigenvalue weighted by Gasteiger charge is 2.17. The summed E-state index contributed by atoms with van der Waals surface area (Å²) >= 11 is 1.74. The van der Waals surface area contributed by atoms with Crippen LogP contribution in [0.15, 0.2) is 53.8 Å². The molecule has 7 heteroatoms. The van der Waals surface area contributed by atoms with Crippen molar-refractivity contribution in [3.63, 3.8) is 0 Å². The van der Waals surface area contributed by atoms with E-state index in [2.05, 4.69) is 20.0 Å². The van der Waals surface area contributed by atoms with Crippen molar-refractivity contribution in [2.75, 3.05) is 43.4 Å². The third-order valence-corrected chi connectivity index (χ3v) is 5.41. The molecule has 130 valence electrons. The lowest BCUT2D eigenvalue weighted by molar-refractivity contribution is 0.273. The molecule has 0 bridgehead atoms. The summed E-state index contributed by atoms with van der Waals surface area (Å²) in [5.41, 5.74) is 1.99. The molecule has 3 aromatic rings. The fourth-order valence-corrected chi connectivity index (χ4v) is 3.99. The monoisotopic (exact) mass is 357 g/mol. The Morgan fingerprint density at radius 3 is 2.56 bits per heavy atom. The number of thioether (sulfide) groups is 1. The average molecular weight is 357 g/mol. The van der Waals surface area contributed by atoms with Gasteiger partial charge in [0, 0.05) is 50.4 Å². The summed E-state index contributed by atoms with van der Waals surface area (Å²) in [4.78, 5) is 4.78.